The molecule has 0 saturated carbocycles. The fourth-order valence-electron chi connectivity index (χ4n) is 6.56. The third kappa shape index (κ3) is 17.9. The molecule has 19 heteroatoms. The second kappa shape index (κ2) is 26.1. The van der Waals surface area contributed by atoms with Crippen molar-refractivity contribution in [2.75, 3.05) is 13.7 Å². The van der Waals surface area contributed by atoms with Crippen LogP contribution in [0.3, 0.4) is 0 Å². The molecule has 0 saturated heterocycles. The van der Waals surface area contributed by atoms with E-state index in [0.717, 1.165) is 0 Å². The lowest BCUT2D eigenvalue weighted by molar-refractivity contribution is -0.149. The Morgan fingerprint density at radius 3 is 0.880 bits per heavy atom. The number of esters is 1. The predicted octanol–water partition coefficient (Wildman–Crippen LogP) is 3.72. The van der Waals surface area contributed by atoms with Gasteiger partial charge in [-0.2, -0.15) is 0 Å². The number of ether oxygens (including phenoxy) is 1. The molecule has 4 rings (SSSR count). The topological polar surface area (TPSA) is 285 Å². The van der Waals surface area contributed by atoms with Crippen LogP contribution in [0.5, 0.6) is 0 Å². The monoisotopic (exact) mass is 1020 g/mol. The fourth-order valence-corrected chi connectivity index (χ4v) is 6.56. The molecule has 394 valence electrons. The summed E-state index contributed by atoms with van der Waals surface area (Å²) in [7, 11) is 1.17. The average molecular weight is 1020 g/mol. The minimum atomic E-state index is -1.83. The Hall–Kier alpha value is -8.97. The van der Waals surface area contributed by atoms with Crippen LogP contribution in [-0.2, 0) is 47.9 Å². The zero-order valence-corrected chi connectivity index (χ0v) is 43.4. The van der Waals surface area contributed by atoms with Crippen molar-refractivity contribution in [2.24, 2.45) is 5.73 Å². The molecule has 19 nitrogen and oxygen atoms in total. The Bertz CT molecular complexity index is 2870. The summed E-state index contributed by atoms with van der Waals surface area (Å²) in [6.07, 6.45) is 5.45. The molecule has 0 aliphatic rings. The van der Waals surface area contributed by atoms with Crippen molar-refractivity contribution in [3.05, 3.63) is 166 Å². The number of carbonyl (C=O) groups excluding carboxylic acids is 9. The van der Waals surface area contributed by atoms with Gasteiger partial charge >= 0.3 is 5.97 Å². The molecule has 0 aliphatic carbocycles. The van der Waals surface area contributed by atoms with Gasteiger partial charge in [-0.05, 0) is 102 Å². The number of amides is 8. The lowest BCUT2D eigenvalue weighted by Crippen LogP contribution is -2.60. The van der Waals surface area contributed by atoms with Crippen LogP contribution in [0.4, 0.5) is 0 Å². The van der Waals surface area contributed by atoms with Crippen molar-refractivity contribution in [1.29, 1.82) is 0 Å². The maximum atomic E-state index is 14.3. The number of carbonyl (C=O) groups is 9. The Morgan fingerprint density at radius 2 is 0.640 bits per heavy atom. The first kappa shape index (κ1) is 58.6. The van der Waals surface area contributed by atoms with E-state index in [4.69, 9.17) is 10.5 Å². The number of nitrogens with one attached hydrogen (secondary N) is 8. The number of benzene rings is 4. The maximum absolute atomic E-state index is 14.3. The van der Waals surface area contributed by atoms with Crippen molar-refractivity contribution in [2.45, 2.75) is 84.0 Å². The normalized spacial score (nSPS) is 12.5. The van der Waals surface area contributed by atoms with Gasteiger partial charge in [0.2, 0.25) is 23.6 Å². The molecule has 75 heavy (non-hydrogen) atoms. The van der Waals surface area contributed by atoms with Crippen LogP contribution in [0.15, 0.2) is 144 Å². The van der Waals surface area contributed by atoms with E-state index in [1.165, 1.54) is 86.8 Å². The zero-order chi connectivity index (χ0) is 55.6. The molecule has 0 unspecified atom stereocenters. The van der Waals surface area contributed by atoms with E-state index >= 15 is 0 Å². The third-order valence-electron chi connectivity index (χ3n) is 10.9. The van der Waals surface area contributed by atoms with Crippen LogP contribution in [0, 0.1) is 0 Å². The zero-order valence-electron chi connectivity index (χ0n) is 43.4. The summed E-state index contributed by atoms with van der Waals surface area (Å²) in [6.45, 7) is 11.1. The highest BCUT2D eigenvalue weighted by atomic mass is 16.5. The molecule has 0 fully saturated rings. The van der Waals surface area contributed by atoms with E-state index in [1.807, 2.05) is 0 Å². The second-order valence-corrected chi connectivity index (χ2v) is 19.1. The first-order valence-electron chi connectivity index (χ1n) is 23.7. The Labute approximate surface area is 436 Å². The first-order chi connectivity index (χ1) is 35.3. The minimum Gasteiger partial charge on any atom is -0.467 e. The van der Waals surface area contributed by atoms with Gasteiger partial charge in [-0.1, -0.05) is 121 Å². The van der Waals surface area contributed by atoms with Gasteiger partial charge in [-0.3, -0.25) is 38.4 Å². The highest BCUT2D eigenvalue weighted by Gasteiger charge is 2.38. The molecule has 4 aromatic carbocycles. The molecule has 0 aliphatic heterocycles. The molecule has 0 aromatic heterocycles. The Morgan fingerprint density at radius 1 is 0.400 bits per heavy atom. The summed E-state index contributed by atoms with van der Waals surface area (Å²) in [4.78, 5) is 123. The van der Waals surface area contributed by atoms with Crippen molar-refractivity contribution >= 4 is 77.5 Å². The highest BCUT2D eigenvalue weighted by molar-refractivity contribution is 6.10. The second-order valence-electron chi connectivity index (χ2n) is 19.1. The van der Waals surface area contributed by atoms with Gasteiger partial charge in [-0.15, -0.1) is 0 Å². The van der Waals surface area contributed by atoms with Crippen LogP contribution in [-0.4, -0.2) is 89.0 Å². The summed E-state index contributed by atoms with van der Waals surface area (Å²) < 4.78 is 4.82. The van der Waals surface area contributed by atoms with Crippen molar-refractivity contribution in [3.8, 4) is 0 Å². The maximum Gasteiger partial charge on any atom is 0.330 e. The molecule has 0 bridgehead atoms. The number of methoxy groups -OCH3 is 1. The van der Waals surface area contributed by atoms with Gasteiger partial charge in [0.25, 0.3) is 23.6 Å². The van der Waals surface area contributed by atoms with Gasteiger partial charge in [0.15, 0.2) is 0 Å². The van der Waals surface area contributed by atoms with Crippen LogP contribution in [0.2, 0.25) is 0 Å². The Kier molecular flexibility index (Phi) is 20.4. The van der Waals surface area contributed by atoms with Crippen LogP contribution in [0.25, 0.3) is 24.3 Å². The van der Waals surface area contributed by atoms with Crippen molar-refractivity contribution in [3.63, 3.8) is 0 Å². The van der Waals surface area contributed by atoms with Gasteiger partial charge in [0, 0.05) is 13.0 Å². The molecular formula is C56H65N9O10. The quantitative estimate of drug-likeness (QED) is 0.0404. The summed E-state index contributed by atoms with van der Waals surface area (Å²) >= 11 is 0. The third-order valence-corrected chi connectivity index (χ3v) is 10.9. The Balaban J connectivity index is 1.59. The largest absolute Gasteiger partial charge is 0.467 e. The summed E-state index contributed by atoms with van der Waals surface area (Å²) in [5, 5.41) is 20.7. The first-order valence-corrected chi connectivity index (χ1v) is 23.7. The minimum absolute atomic E-state index is 0.0249. The van der Waals surface area contributed by atoms with E-state index < -0.39 is 75.4 Å². The summed E-state index contributed by atoms with van der Waals surface area (Å²) in [6, 6.07) is 34.2. The van der Waals surface area contributed by atoms with E-state index in [9.17, 15) is 43.2 Å². The molecule has 0 heterocycles. The van der Waals surface area contributed by atoms with Gasteiger partial charge in [-0.25, -0.2) is 4.79 Å². The molecule has 0 spiro atoms. The number of rotatable bonds is 22. The van der Waals surface area contributed by atoms with E-state index in [0.29, 0.717) is 22.3 Å². The van der Waals surface area contributed by atoms with Gasteiger partial charge < -0.3 is 53.0 Å². The van der Waals surface area contributed by atoms with E-state index in [-0.39, 0.29) is 35.8 Å². The molecule has 0 atom stereocenters. The number of hydrogen-bond acceptors (Lipinski definition) is 11. The molecule has 10 N–H and O–H groups in total. The lowest BCUT2D eigenvalue weighted by Gasteiger charge is -2.30. The SMILES string of the molecule is COC(=O)C(C)(C)NC(=O)/C(=C/c1ccccc1)NC(=O)C(C)(C)NC(=O)/C(=C/c1ccccc1)NC(=O)C(C)(C)NC(=O)/C(=C/c1ccccc1)NC(=O)C(C)(C)NC(=O)/C(=C/c1ccccc1)NC(=O)CCN. The van der Waals surface area contributed by atoms with Crippen molar-refractivity contribution in [1.82, 2.24) is 42.5 Å². The lowest BCUT2D eigenvalue weighted by atomic mass is 10.0. The smallest absolute Gasteiger partial charge is 0.330 e. The van der Waals surface area contributed by atoms with E-state index in [2.05, 4.69) is 42.5 Å². The van der Waals surface area contributed by atoms with Crippen LogP contribution in [0.1, 0.15) is 84.1 Å². The molecular weight excluding hydrogens is 959 g/mol. The summed E-state index contributed by atoms with van der Waals surface area (Å²) in [5.74, 6) is -7.43. The molecule has 4 aromatic rings. The standard InChI is InChI=1S/C56H65N9O10/c1-53(2,62-45(67)40(58-44(66)30-31-57)32-36-22-14-10-15-23-36)49(71)59-41(33-37-24-16-11-17-25-37)46(68)63-54(3,4)50(72)60-42(34-38-26-18-12-19-27-38)47(69)64-55(5,6)51(73)61-43(35-39-28-20-13-21-29-39)48(70)65-56(7,8)52(74)75-9/h10-29,32-35H,30-31,57H2,1-9H3,(H,58,66)(H,59,71)(H,60,72)(H,61,73)(H,62,67)(H,63,68)(H,64,69)(H,65,70)/b40-32-,41-33-,42-34-,43-35-. The average Bonchev–Trinajstić information content (AvgIpc) is 3.35. The predicted molar refractivity (Wildman–Crippen MR) is 285 cm³/mol. The number of nitrogens with two attached hydrogens (primary N) is 1. The fraction of sp³-hybridized carbons (Fsp3) is 0.268. The van der Waals surface area contributed by atoms with Crippen LogP contribution >= 0.6 is 0 Å². The molecule has 8 amide bonds. The van der Waals surface area contributed by atoms with Crippen molar-refractivity contribution < 1.29 is 47.9 Å². The highest BCUT2D eigenvalue weighted by Crippen LogP contribution is 2.17. The van der Waals surface area contributed by atoms with Gasteiger partial charge in [0.05, 0.1) is 7.11 Å². The van der Waals surface area contributed by atoms with E-state index in [1.54, 1.807) is 121 Å². The summed E-state index contributed by atoms with van der Waals surface area (Å²) in [5.41, 5.74) is -0.338. The van der Waals surface area contributed by atoms with Gasteiger partial charge in [0.1, 0.15) is 44.9 Å². The molecule has 0 radical (unpaired) electrons. The number of hydrogen-bond donors (Lipinski definition) is 9. The van der Waals surface area contributed by atoms with Crippen LogP contribution < -0.4 is 48.3 Å².